The molecule has 0 spiro atoms. The lowest BCUT2D eigenvalue weighted by Crippen LogP contribution is -2.41. The van der Waals surface area contributed by atoms with Gasteiger partial charge in [0.1, 0.15) is 17.5 Å². The van der Waals surface area contributed by atoms with Crippen molar-refractivity contribution in [1.29, 1.82) is 0 Å². The number of amides is 2. The molecular formula is C22H23N5O4. The molecule has 0 radical (unpaired) electrons. The molecule has 3 heterocycles. The molecule has 9 heteroatoms. The summed E-state index contributed by atoms with van der Waals surface area (Å²) in [6.45, 7) is 0.552. The standard InChI is InChI=1S/C22H23N5O4/c1-23-21(29)17-13-15(10-11-24-17)20-25-22(31-26-20)18-9-5-6-12-27(18)19(28)14-30-16-7-3-2-4-8-16/h2-4,7-8,10-11,13,18H,5-6,9,12,14H2,1H3,(H,23,29). The average molecular weight is 421 g/mol. The number of nitrogens with zero attached hydrogens (tertiary/aromatic N) is 4. The highest BCUT2D eigenvalue weighted by atomic mass is 16.5. The molecule has 3 aromatic rings. The van der Waals surface area contributed by atoms with Crippen molar-refractivity contribution in [3.05, 3.63) is 60.2 Å². The number of rotatable bonds is 6. The molecule has 1 fully saturated rings. The molecule has 0 bridgehead atoms. The van der Waals surface area contributed by atoms with Crippen LogP contribution in [0.3, 0.4) is 0 Å². The Morgan fingerprint density at radius 1 is 1.23 bits per heavy atom. The van der Waals surface area contributed by atoms with Crippen LogP contribution < -0.4 is 10.1 Å². The molecule has 160 valence electrons. The lowest BCUT2D eigenvalue weighted by Gasteiger charge is -2.33. The molecule has 2 amide bonds. The SMILES string of the molecule is CNC(=O)c1cc(-c2noc(C3CCCCN3C(=O)COc3ccccc3)n2)ccn1. The van der Waals surface area contributed by atoms with Gasteiger partial charge in [-0.15, -0.1) is 0 Å². The summed E-state index contributed by atoms with van der Waals surface area (Å²) in [6, 6.07) is 12.2. The molecule has 0 aliphatic carbocycles. The predicted molar refractivity (Wildman–Crippen MR) is 111 cm³/mol. The quantitative estimate of drug-likeness (QED) is 0.651. The first-order valence-corrected chi connectivity index (χ1v) is 10.1. The smallest absolute Gasteiger partial charge is 0.269 e. The number of likely N-dealkylation sites (tertiary alicyclic amines) is 1. The number of piperidine rings is 1. The van der Waals surface area contributed by atoms with Crippen molar-refractivity contribution in [3.8, 4) is 17.1 Å². The fourth-order valence-electron chi connectivity index (χ4n) is 3.54. The van der Waals surface area contributed by atoms with Crippen molar-refractivity contribution in [2.45, 2.75) is 25.3 Å². The van der Waals surface area contributed by atoms with Gasteiger partial charge in [-0.3, -0.25) is 14.6 Å². The summed E-state index contributed by atoms with van der Waals surface area (Å²) < 4.78 is 11.1. The van der Waals surface area contributed by atoms with Gasteiger partial charge in [-0.2, -0.15) is 4.98 Å². The molecule has 4 rings (SSSR count). The number of ether oxygens (including phenoxy) is 1. The van der Waals surface area contributed by atoms with Gasteiger partial charge >= 0.3 is 0 Å². The second-order valence-electron chi connectivity index (χ2n) is 7.17. The maximum atomic E-state index is 12.8. The maximum absolute atomic E-state index is 12.8. The first-order valence-electron chi connectivity index (χ1n) is 10.1. The Bertz CT molecular complexity index is 1050. The summed E-state index contributed by atoms with van der Waals surface area (Å²) in [5.41, 5.74) is 0.878. The Hall–Kier alpha value is -3.75. The third kappa shape index (κ3) is 4.71. The van der Waals surface area contributed by atoms with Crippen molar-refractivity contribution in [2.75, 3.05) is 20.2 Å². The summed E-state index contributed by atoms with van der Waals surface area (Å²) in [4.78, 5) is 35.0. The minimum absolute atomic E-state index is 0.0542. The second kappa shape index (κ2) is 9.38. The van der Waals surface area contributed by atoms with Gasteiger partial charge in [0.25, 0.3) is 11.8 Å². The highest BCUT2D eigenvalue weighted by Crippen LogP contribution is 2.31. The zero-order valence-corrected chi connectivity index (χ0v) is 17.2. The number of para-hydroxylation sites is 1. The van der Waals surface area contributed by atoms with Crippen molar-refractivity contribution in [3.63, 3.8) is 0 Å². The van der Waals surface area contributed by atoms with Crippen LogP contribution in [0.1, 0.15) is 41.7 Å². The Morgan fingerprint density at radius 2 is 2.06 bits per heavy atom. The van der Waals surface area contributed by atoms with Crippen molar-refractivity contribution in [1.82, 2.24) is 25.3 Å². The van der Waals surface area contributed by atoms with Crippen LogP contribution in [0.4, 0.5) is 0 Å². The van der Waals surface area contributed by atoms with Crippen LogP contribution in [0, 0.1) is 0 Å². The van der Waals surface area contributed by atoms with Crippen molar-refractivity contribution < 1.29 is 18.8 Å². The van der Waals surface area contributed by atoms with Gasteiger partial charge in [-0.1, -0.05) is 23.4 Å². The number of aromatic nitrogens is 3. The molecule has 1 aromatic carbocycles. The number of carbonyl (C=O) groups excluding carboxylic acids is 2. The lowest BCUT2D eigenvalue weighted by atomic mass is 10.0. The van der Waals surface area contributed by atoms with Gasteiger partial charge in [0, 0.05) is 25.4 Å². The monoisotopic (exact) mass is 421 g/mol. The van der Waals surface area contributed by atoms with Crippen LogP contribution in [0.15, 0.2) is 53.2 Å². The van der Waals surface area contributed by atoms with Gasteiger partial charge in [-0.25, -0.2) is 0 Å². The first kappa shape index (κ1) is 20.5. The molecule has 1 N–H and O–H groups in total. The largest absolute Gasteiger partial charge is 0.484 e. The molecule has 1 atom stereocenters. The topological polar surface area (TPSA) is 110 Å². The van der Waals surface area contributed by atoms with Crippen molar-refractivity contribution in [2.24, 2.45) is 0 Å². The van der Waals surface area contributed by atoms with Gasteiger partial charge in [0.05, 0.1) is 0 Å². The highest BCUT2D eigenvalue weighted by Gasteiger charge is 2.32. The van der Waals surface area contributed by atoms with E-state index in [4.69, 9.17) is 9.26 Å². The Balaban J connectivity index is 1.49. The second-order valence-corrected chi connectivity index (χ2v) is 7.17. The van der Waals surface area contributed by atoms with Crippen LogP contribution in [-0.4, -0.2) is 52.0 Å². The zero-order valence-electron chi connectivity index (χ0n) is 17.2. The van der Waals surface area contributed by atoms with Crippen LogP contribution in [-0.2, 0) is 4.79 Å². The summed E-state index contributed by atoms with van der Waals surface area (Å²) >= 11 is 0. The number of hydrogen-bond donors (Lipinski definition) is 1. The number of benzene rings is 1. The Labute approximate surface area is 179 Å². The van der Waals surface area contributed by atoms with E-state index in [1.165, 1.54) is 6.20 Å². The third-order valence-electron chi connectivity index (χ3n) is 5.13. The summed E-state index contributed by atoms with van der Waals surface area (Å²) in [7, 11) is 1.54. The molecular weight excluding hydrogens is 398 g/mol. The minimum Gasteiger partial charge on any atom is -0.484 e. The van der Waals surface area contributed by atoms with E-state index in [9.17, 15) is 9.59 Å². The normalized spacial score (nSPS) is 16.0. The van der Waals surface area contributed by atoms with Crippen LogP contribution in [0.5, 0.6) is 5.75 Å². The molecule has 31 heavy (non-hydrogen) atoms. The molecule has 0 saturated carbocycles. The predicted octanol–water partition coefficient (Wildman–Crippen LogP) is 2.62. The Morgan fingerprint density at radius 3 is 2.87 bits per heavy atom. The van der Waals surface area contributed by atoms with Crippen LogP contribution >= 0.6 is 0 Å². The summed E-state index contributed by atoms with van der Waals surface area (Å²) in [5, 5.41) is 6.60. The first-order chi connectivity index (χ1) is 15.2. The van der Waals surface area contributed by atoms with E-state index in [0.717, 1.165) is 19.3 Å². The molecule has 1 aliphatic heterocycles. The van der Waals surface area contributed by atoms with E-state index >= 15 is 0 Å². The number of nitrogens with one attached hydrogen (secondary N) is 1. The van der Waals surface area contributed by atoms with Gasteiger partial charge in [0.2, 0.25) is 11.7 Å². The third-order valence-corrected chi connectivity index (χ3v) is 5.13. The number of pyridine rings is 1. The number of carbonyl (C=O) groups is 2. The lowest BCUT2D eigenvalue weighted by molar-refractivity contribution is -0.138. The molecule has 9 nitrogen and oxygen atoms in total. The molecule has 1 unspecified atom stereocenters. The van der Waals surface area contributed by atoms with E-state index in [1.807, 2.05) is 30.3 Å². The summed E-state index contributed by atoms with van der Waals surface area (Å²) in [6.07, 6.45) is 4.13. The van der Waals surface area contributed by atoms with Crippen LogP contribution in [0.2, 0.25) is 0 Å². The van der Waals surface area contributed by atoms with E-state index in [1.54, 1.807) is 24.1 Å². The van der Waals surface area contributed by atoms with E-state index < -0.39 is 0 Å². The van der Waals surface area contributed by atoms with Crippen LogP contribution in [0.25, 0.3) is 11.4 Å². The molecule has 1 saturated heterocycles. The molecule has 2 aromatic heterocycles. The van der Waals surface area contributed by atoms with Gasteiger partial charge < -0.3 is 19.5 Å². The fourth-order valence-corrected chi connectivity index (χ4v) is 3.54. The average Bonchev–Trinajstić information content (AvgIpc) is 3.33. The maximum Gasteiger partial charge on any atom is 0.269 e. The Kier molecular flexibility index (Phi) is 6.21. The minimum atomic E-state index is -0.304. The van der Waals surface area contributed by atoms with Gasteiger partial charge in [-0.05, 0) is 43.5 Å². The number of hydrogen-bond acceptors (Lipinski definition) is 7. The van der Waals surface area contributed by atoms with E-state index in [-0.39, 0.29) is 30.2 Å². The van der Waals surface area contributed by atoms with E-state index in [2.05, 4.69) is 20.4 Å². The molecule has 1 aliphatic rings. The van der Waals surface area contributed by atoms with Gasteiger partial charge in [0.15, 0.2) is 6.61 Å². The van der Waals surface area contributed by atoms with Crippen molar-refractivity contribution >= 4 is 11.8 Å². The fraction of sp³-hybridized carbons (Fsp3) is 0.318. The summed E-state index contributed by atoms with van der Waals surface area (Å²) in [5.74, 6) is 0.948. The van der Waals surface area contributed by atoms with E-state index in [0.29, 0.717) is 29.6 Å². The zero-order chi connectivity index (χ0) is 21.6. The highest BCUT2D eigenvalue weighted by molar-refractivity contribution is 5.93.